The van der Waals surface area contributed by atoms with E-state index in [1.54, 1.807) is 0 Å². The molecule has 0 aliphatic heterocycles. The SMILES string of the molecule is O=C(O)CC1CCCCC1.[H-].[K+]. The Bertz CT molecular complexity index is 124. The van der Waals surface area contributed by atoms with Crippen LogP contribution in [0.1, 0.15) is 40.0 Å². The predicted molar refractivity (Wildman–Crippen MR) is 39.9 cm³/mol. The topological polar surface area (TPSA) is 37.3 Å². The normalized spacial score (nSPS) is 18.9. The molecule has 1 aliphatic carbocycles. The van der Waals surface area contributed by atoms with Crippen LogP contribution in [0.15, 0.2) is 0 Å². The molecular weight excluding hydrogens is 167 g/mol. The third kappa shape index (κ3) is 5.36. The molecule has 0 spiro atoms. The molecule has 60 valence electrons. The summed E-state index contributed by atoms with van der Waals surface area (Å²) in [6.45, 7) is 0. The third-order valence-electron chi connectivity index (χ3n) is 2.19. The van der Waals surface area contributed by atoms with E-state index in [1.807, 2.05) is 0 Å². The number of carboxylic acids is 1. The van der Waals surface area contributed by atoms with Crippen molar-refractivity contribution in [1.29, 1.82) is 0 Å². The van der Waals surface area contributed by atoms with Crippen LogP contribution in [0.5, 0.6) is 0 Å². The molecule has 0 amide bonds. The second kappa shape index (κ2) is 6.60. The molecule has 0 bridgehead atoms. The zero-order chi connectivity index (χ0) is 7.40. The van der Waals surface area contributed by atoms with Crippen LogP contribution in [-0.2, 0) is 4.79 Å². The van der Waals surface area contributed by atoms with E-state index >= 15 is 0 Å². The van der Waals surface area contributed by atoms with Crippen LogP contribution in [0.2, 0.25) is 0 Å². The van der Waals surface area contributed by atoms with E-state index in [0.29, 0.717) is 12.3 Å². The van der Waals surface area contributed by atoms with E-state index in [1.165, 1.54) is 19.3 Å². The van der Waals surface area contributed by atoms with Gasteiger partial charge >= 0.3 is 57.4 Å². The molecule has 0 saturated heterocycles. The maximum atomic E-state index is 10.3. The summed E-state index contributed by atoms with van der Waals surface area (Å²) in [5.41, 5.74) is 0. The molecule has 0 aromatic heterocycles. The zero-order valence-corrected chi connectivity index (χ0v) is 10.3. The molecule has 0 aromatic carbocycles. The van der Waals surface area contributed by atoms with Crippen LogP contribution < -0.4 is 51.4 Å². The van der Waals surface area contributed by atoms with Gasteiger partial charge in [0.25, 0.3) is 0 Å². The minimum atomic E-state index is -0.632. The number of rotatable bonds is 2. The number of hydrogen-bond acceptors (Lipinski definition) is 1. The summed E-state index contributed by atoms with van der Waals surface area (Å²) in [6, 6.07) is 0. The largest absolute Gasteiger partial charge is 1.00 e. The van der Waals surface area contributed by atoms with Crippen LogP contribution in [0.3, 0.4) is 0 Å². The summed E-state index contributed by atoms with van der Waals surface area (Å²) in [5.74, 6) is -0.154. The minimum Gasteiger partial charge on any atom is -1.00 e. The first-order valence-electron chi connectivity index (χ1n) is 4.01. The average molecular weight is 182 g/mol. The fourth-order valence-corrected chi connectivity index (χ4v) is 1.64. The van der Waals surface area contributed by atoms with Crippen molar-refractivity contribution in [3.8, 4) is 0 Å². The average Bonchev–Trinajstić information content (AvgIpc) is 1.88. The smallest absolute Gasteiger partial charge is 1.00 e. The van der Waals surface area contributed by atoms with Gasteiger partial charge in [0.05, 0.1) is 0 Å². The molecule has 0 radical (unpaired) electrons. The van der Waals surface area contributed by atoms with E-state index in [4.69, 9.17) is 5.11 Å². The van der Waals surface area contributed by atoms with E-state index < -0.39 is 5.97 Å². The standard InChI is InChI=1S/C8H14O2.K.H/c9-8(10)6-7-4-2-1-3-5-7;;/h7H,1-6H2,(H,9,10);;/q;+1;-1. The molecule has 1 N–H and O–H groups in total. The number of carboxylic acid groups (broad SMARTS) is 1. The molecule has 1 fully saturated rings. The van der Waals surface area contributed by atoms with Crippen LogP contribution in [0.4, 0.5) is 0 Å². The number of aliphatic carboxylic acids is 1. The van der Waals surface area contributed by atoms with Gasteiger partial charge in [-0.1, -0.05) is 19.3 Å². The van der Waals surface area contributed by atoms with Crippen LogP contribution in [0.25, 0.3) is 0 Å². The van der Waals surface area contributed by atoms with Gasteiger partial charge in [-0.3, -0.25) is 4.79 Å². The minimum absolute atomic E-state index is 0. The van der Waals surface area contributed by atoms with Crippen molar-refractivity contribution < 1.29 is 62.7 Å². The Balaban J connectivity index is 0. The summed E-state index contributed by atoms with van der Waals surface area (Å²) >= 11 is 0. The van der Waals surface area contributed by atoms with E-state index in [2.05, 4.69) is 0 Å². The van der Waals surface area contributed by atoms with Gasteiger partial charge < -0.3 is 6.53 Å². The molecule has 1 aliphatic rings. The summed E-state index contributed by atoms with van der Waals surface area (Å²) in [4.78, 5) is 10.3. The molecule has 2 nitrogen and oxygen atoms in total. The van der Waals surface area contributed by atoms with Crippen molar-refractivity contribution in [2.75, 3.05) is 0 Å². The summed E-state index contributed by atoms with van der Waals surface area (Å²) in [5, 5.41) is 8.47. The Hall–Kier alpha value is 1.11. The van der Waals surface area contributed by atoms with Crippen LogP contribution >= 0.6 is 0 Å². The van der Waals surface area contributed by atoms with Gasteiger partial charge in [-0.05, 0) is 18.8 Å². The molecule has 0 aromatic rings. The van der Waals surface area contributed by atoms with Crippen molar-refractivity contribution in [1.82, 2.24) is 0 Å². The Morgan fingerprint density at radius 3 is 2.36 bits per heavy atom. The van der Waals surface area contributed by atoms with E-state index in [0.717, 1.165) is 12.8 Å². The van der Waals surface area contributed by atoms with Gasteiger partial charge in [-0.25, -0.2) is 0 Å². The monoisotopic (exact) mass is 182 g/mol. The number of hydrogen-bond donors (Lipinski definition) is 1. The van der Waals surface area contributed by atoms with Gasteiger partial charge in [0.2, 0.25) is 0 Å². The first-order chi connectivity index (χ1) is 4.79. The molecule has 11 heavy (non-hydrogen) atoms. The molecule has 3 heteroatoms. The van der Waals surface area contributed by atoms with Gasteiger partial charge in [-0.15, -0.1) is 0 Å². The van der Waals surface area contributed by atoms with Crippen LogP contribution in [0, 0.1) is 5.92 Å². The summed E-state index contributed by atoms with van der Waals surface area (Å²) < 4.78 is 0. The molecule has 1 saturated carbocycles. The van der Waals surface area contributed by atoms with Crippen LogP contribution in [-0.4, -0.2) is 11.1 Å². The van der Waals surface area contributed by atoms with Gasteiger partial charge in [0.1, 0.15) is 0 Å². The fraction of sp³-hybridized carbons (Fsp3) is 0.875. The van der Waals surface area contributed by atoms with Crippen molar-refractivity contribution in [2.45, 2.75) is 38.5 Å². The van der Waals surface area contributed by atoms with E-state index in [9.17, 15) is 4.79 Å². The second-order valence-electron chi connectivity index (χ2n) is 3.10. The van der Waals surface area contributed by atoms with Crippen molar-refractivity contribution in [2.24, 2.45) is 5.92 Å². The first kappa shape index (κ1) is 12.1. The van der Waals surface area contributed by atoms with E-state index in [-0.39, 0.29) is 52.8 Å². The summed E-state index contributed by atoms with van der Waals surface area (Å²) in [7, 11) is 0. The fourth-order valence-electron chi connectivity index (χ4n) is 1.64. The second-order valence-corrected chi connectivity index (χ2v) is 3.10. The first-order valence-corrected chi connectivity index (χ1v) is 4.01. The molecule has 0 atom stereocenters. The maximum absolute atomic E-state index is 10.3. The maximum Gasteiger partial charge on any atom is 1.00 e. The zero-order valence-electron chi connectivity index (χ0n) is 8.18. The van der Waals surface area contributed by atoms with Gasteiger partial charge in [0, 0.05) is 6.42 Å². The molecule has 0 heterocycles. The van der Waals surface area contributed by atoms with Gasteiger partial charge in [-0.2, -0.15) is 0 Å². The Morgan fingerprint density at radius 1 is 1.36 bits per heavy atom. The molecule has 1 rings (SSSR count). The third-order valence-corrected chi connectivity index (χ3v) is 2.19. The quantitative estimate of drug-likeness (QED) is 0.565. The Labute approximate surface area is 112 Å². The Morgan fingerprint density at radius 2 is 1.91 bits per heavy atom. The van der Waals surface area contributed by atoms with Gasteiger partial charge in [0.15, 0.2) is 0 Å². The number of carbonyl (C=O) groups is 1. The van der Waals surface area contributed by atoms with Crippen molar-refractivity contribution >= 4 is 5.97 Å². The van der Waals surface area contributed by atoms with Crippen molar-refractivity contribution in [3.63, 3.8) is 0 Å². The Kier molecular flexibility index (Phi) is 7.27. The molecular formula is C8H15KO2. The summed E-state index contributed by atoms with van der Waals surface area (Å²) in [6.07, 6.45) is 6.42. The molecule has 0 unspecified atom stereocenters. The van der Waals surface area contributed by atoms with Crippen molar-refractivity contribution in [3.05, 3.63) is 0 Å². The predicted octanol–water partition coefficient (Wildman–Crippen LogP) is -0.842.